The van der Waals surface area contributed by atoms with Gasteiger partial charge >= 0.3 is 0 Å². The van der Waals surface area contributed by atoms with E-state index in [1.165, 1.54) is 0 Å². The minimum atomic E-state index is 0.00754. The predicted octanol–water partition coefficient (Wildman–Crippen LogP) is 2.36. The van der Waals surface area contributed by atoms with Crippen LogP contribution >= 0.6 is 0 Å². The molecular weight excluding hydrogens is 162 g/mol. The smallest absolute Gasteiger partial charge is 0.0634 e. The fraction of sp³-hybridized carbons (Fsp3) is 0.818. The molecule has 0 aromatic heterocycles. The molecule has 0 aromatic rings. The van der Waals surface area contributed by atoms with Crippen molar-refractivity contribution in [2.45, 2.75) is 39.2 Å². The highest BCUT2D eigenvalue weighted by molar-refractivity contribution is 4.77. The first kappa shape index (κ1) is 12.7. The third kappa shape index (κ3) is 8.00. The van der Waals surface area contributed by atoms with Gasteiger partial charge in [0.2, 0.25) is 0 Å². The molecule has 0 spiro atoms. The minimum absolute atomic E-state index is 0.00754. The van der Waals surface area contributed by atoms with E-state index in [0.717, 1.165) is 25.9 Å². The second-order valence-corrected chi connectivity index (χ2v) is 3.82. The van der Waals surface area contributed by atoms with Gasteiger partial charge in [-0.25, -0.2) is 0 Å². The Morgan fingerprint density at radius 3 is 2.54 bits per heavy atom. The normalized spacial score (nSPS) is 12.6. The lowest BCUT2D eigenvalue weighted by molar-refractivity contribution is 0.0159. The predicted molar refractivity (Wildman–Crippen MR) is 58.0 cm³/mol. The number of methoxy groups -OCH3 is 1. The molecular formula is C11H23NO. The lowest BCUT2D eigenvalue weighted by atomic mass is 10.1. The zero-order valence-corrected chi connectivity index (χ0v) is 9.39. The van der Waals surface area contributed by atoms with Crippen molar-refractivity contribution in [3.05, 3.63) is 12.2 Å². The summed E-state index contributed by atoms with van der Waals surface area (Å²) < 4.78 is 5.31. The quantitative estimate of drug-likeness (QED) is 0.485. The highest BCUT2D eigenvalue weighted by atomic mass is 16.5. The van der Waals surface area contributed by atoms with E-state index in [1.807, 2.05) is 6.92 Å². The van der Waals surface area contributed by atoms with E-state index in [9.17, 15) is 0 Å². The molecule has 0 unspecified atom stereocenters. The van der Waals surface area contributed by atoms with E-state index in [-0.39, 0.29) is 5.60 Å². The van der Waals surface area contributed by atoms with Gasteiger partial charge in [0.25, 0.3) is 0 Å². The summed E-state index contributed by atoms with van der Waals surface area (Å²) in [7, 11) is 1.76. The van der Waals surface area contributed by atoms with Gasteiger partial charge in [-0.2, -0.15) is 0 Å². The molecule has 0 bridgehead atoms. The van der Waals surface area contributed by atoms with Crippen LogP contribution < -0.4 is 5.32 Å². The van der Waals surface area contributed by atoms with Crippen molar-refractivity contribution >= 4 is 0 Å². The van der Waals surface area contributed by atoms with Crippen molar-refractivity contribution in [3.63, 3.8) is 0 Å². The standard InChI is InChI=1S/C11H23NO/c1-5-6-7-9-12-10-8-11(2,3)13-4/h5-6,12H,7-10H2,1-4H3/b6-5+. The first-order valence-electron chi connectivity index (χ1n) is 4.99. The van der Waals surface area contributed by atoms with Crippen molar-refractivity contribution in [1.82, 2.24) is 5.32 Å². The first-order valence-corrected chi connectivity index (χ1v) is 4.99. The van der Waals surface area contributed by atoms with Gasteiger partial charge in [0.15, 0.2) is 0 Å². The Hall–Kier alpha value is -0.340. The average Bonchev–Trinajstić information content (AvgIpc) is 2.11. The van der Waals surface area contributed by atoms with E-state index in [4.69, 9.17) is 4.74 Å². The lowest BCUT2D eigenvalue weighted by Gasteiger charge is -2.22. The molecule has 0 aliphatic carbocycles. The van der Waals surface area contributed by atoms with Gasteiger partial charge in [-0.15, -0.1) is 0 Å². The Labute approximate surface area is 82.4 Å². The largest absolute Gasteiger partial charge is 0.379 e. The van der Waals surface area contributed by atoms with Crippen LogP contribution in [0.25, 0.3) is 0 Å². The molecule has 0 heterocycles. The summed E-state index contributed by atoms with van der Waals surface area (Å²) in [4.78, 5) is 0. The third-order valence-corrected chi connectivity index (χ3v) is 2.18. The summed E-state index contributed by atoms with van der Waals surface area (Å²) in [5, 5.41) is 3.38. The van der Waals surface area contributed by atoms with Gasteiger partial charge in [-0.3, -0.25) is 0 Å². The summed E-state index contributed by atoms with van der Waals surface area (Å²) in [6, 6.07) is 0. The van der Waals surface area contributed by atoms with Crippen LogP contribution in [0, 0.1) is 0 Å². The molecule has 78 valence electrons. The number of allylic oxidation sites excluding steroid dienone is 1. The number of ether oxygens (including phenoxy) is 1. The summed E-state index contributed by atoms with van der Waals surface area (Å²) in [5.74, 6) is 0. The molecule has 13 heavy (non-hydrogen) atoms. The summed E-state index contributed by atoms with van der Waals surface area (Å²) in [6.07, 6.45) is 6.43. The SMILES string of the molecule is C/C=C/CCNCCC(C)(C)OC. The van der Waals surface area contributed by atoms with Crippen molar-refractivity contribution in [2.75, 3.05) is 20.2 Å². The fourth-order valence-corrected chi connectivity index (χ4v) is 0.969. The molecule has 1 N–H and O–H groups in total. The summed E-state index contributed by atoms with van der Waals surface area (Å²) in [6.45, 7) is 8.36. The van der Waals surface area contributed by atoms with E-state index in [0.29, 0.717) is 0 Å². The van der Waals surface area contributed by atoms with Crippen LogP contribution in [-0.4, -0.2) is 25.8 Å². The molecule has 0 atom stereocenters. The molecule has 0 aliphatic rings. The lowest BCUT2D eigenvalue weighted by Crippen LogP contribution is -2.29. The van der Waals surface area contributed by atoms with Crippen LogP contribution in [0.4, 0.5) is 0 Å². The Balaban J connectivity index is 3.25. The Morgan fingerprint density at radius 1 is 1.31 bits per heavy atom. The first-order chi connectivity index (χ1) is 6.12. The van der Waals surface area contributed by atoms with Crippen molar-refractivity contribution in [1.29, 1.82) is 0 Å². The second-order valence-electron chi connectivity index (χ2n) is 3.82. The van der Waals surface area contributed by atoms with Crippen LogP contribution in [0.15, 0.2) is 12.2 Å². The van der Waals surface area contributed by atoms with Gasteiger partial charge in [0, 0.05) is 7.11 Å². The maximum absolute atomic E-state index is 5.31. The van der Waals surface area contributed by atoms with E-state index >= 15 is 0 Å². The van der Waals surface area contributed by atoms with Gasteiger partial charge in [-0.05, 0) is 46.7 Å². The molecule has 2 heteroatoms. The van der Waals surface area contributed by atoms with E-state index in [2.05, 4.69) is 31.3 Å². The number of nitrogens with one attached hydrogen (secondary N) is 1. The monoisotopic (exact) mass is 185 g/mol. The Bertz CT molecular complexity index is 141. The Kier molecular flexibility index (Phi) is 6.92. The third-order valence-electron chi connectivity index (χ3n) is 2.18. The summed E-state index contributed by atoms with van der Waals surface area (Å²) >= 11 is 0. The fourth-order valence-electron chi connectivity index (χ4n) is 0.969. The summed E-state index contributed by atoms with van der Waals surface area (Å²) in [5.41, 5.74) is 0.00754. The van der Waals surface area contributed by atoms with Gasteiger partial charge in [0.1, 0.15) is 0 Å². The van der Waals surface area contributed by atoms with Crippen LogP contribution in [0.5, 0.6) is 0 Å². The molecule has 2 nitrogen and oxygen atoms in total. The topological polar surface area (TPSA) is 21.3 Å². The maximum Gasteiger partial charge on any atom is 0.0634 e. The molecule has 0 amide bonds. The molecule has 0 saturated heterocycles. The van der Waals surface area contributed by atoms with Crippen LogP contribution in [0.3, 0.4) is 0 Å². The zero-order chi connectivity index (χ0) is 10.2. The number of hydrogen-bond donors (Lipinski definition) is 1. The van der Waals surface area contributed by atoms with E-state index in [1.54, 1.807) is 7.11 Å². The second kappa shape index (κ2) is 7.10. The number of hydrogen-bond acceptors (Lipinski definition) is 2. The van der Waals surface area contributed by atoms with Gasteiger partial charge in [-0.1, -0.05) is 12.2 Å². The maximum atomic E-state index is 5.31. The molecule has 0 aliphatic heterocycles. The average molecular weight is 185 g/mol. The van der Waals surface area contributed by atoms with E-state index < -0.39 is 0 Å². The van der Waals surface area contributed by atoms with Crippen molar-refractivity contribution in [2.24, 2.45) is 0 Å². The minimum Gasteiger partial charge on any atom is -0.379 e. The van der Waals surface area contributed by atoms with Gasteiger partial charge in [0.05, 0.1) is 5.60 Å². The van der Waals surface area contributed by atoms with Crippen LogP contribution in [0.1, 0.15) is 33.6 Å². The van der Waals surface area contributed by atoms with Crippen LogP contribution in [-0.2, 0) is 4.74 Å². The molecule has 0 rings (SSSR count). The van der Waals surface area contributed by atoms with Crippen molar-refractivity contribution < 1.29 is 4.74 Å². The highest BCUT2D eigenvalue weighted by Gasteiger charge is 2.14. The zero-order valence-electron chi connectivity index (χ0n) is 9.39. The van der Waals surface area contributed by atoms with Crippen LogP contribution in [0.2, 0.25) is 0 Å². The molecule has 0 aromatic carbocycles. The number of rotatable bonds is 7. The molecule has 0 fully saturated rings. The molecule has 0 radical (unpaired) electrons. The van der Waals surface area contributed by atoms with Gasteiger partial charge < -0.3 is 10.1 Å². The Morgan fingerprint density at radius 2 is 2.00 bits per heavy atom. The molecule has 0 saturated carbocycles. The van der Waals surface area contributed by atoms with Crippen molar-refractivity contribution in [3.8, 4) is 0 Å². The highest BCUT2D eigenvalue weighted by Crippen LogP contribution is 2.11.